The first-order valence-electron chi connectivity index (χ1n) is 5.19. The van der Waals surface area contributed by atoms with Crippen LogP contribution in [0.1, 0.15) is 46.0 Å². The smallest absolute Gasteiger partial charge is 0.0101 e. The van der Waals surface area contributed by atoms with Gasteiger partial charge in [-0.1, -0.05) is 39.2 Å². The molecule has 0 aliphatic heterocycles. The molecule has 0 aromatic rings. The largest absolute Gasteiger partial charge is 0.314 e. The van der Waals surface area contributed by atoms with Crippen LogP contribution in [0.2, 0.25) is 0 Å². The minimum absolute atomic E-state index is 0.666. The second-order valence-electron chi connectivity index (χ2n) is 3.27. The van der Waals surface area contributed by atoms with Crippen LogP contribution in [0, 0.1) is 0 Å². The predicted molar refractivity (Wildman–Crippen MR) is 56.4 cm³/mol. The van der Waals surface area contributed by atoms with E-state index in [-0.39, 0.29) is 0 Å². The molecule has 0 aliphatic rings. The van der Waals surface area contributed by atoms with E-state index < -0.39 is 0 Å². The molecule has 12 heavy (non-hydrogen) atoms. The normalized spacial score (nSPS) is 12.8. The van der Waals surface area contributed by atoms with E-state index in [4.69, 9.17) is 0 Å². The van der Waals surface area contributed by atoms with Crippen molar-refractivity contribution in [3.05, 3.63) is 12.7 Å². The summed E-state index contributed by atoms with van der Waals surface area (Å²) < 4.78 is 0. The Morgan fingerprint density at radius 2 is 2.08 bits per heavy atom. The Hall–Kier alpha value is -0.300. The number of hydrogen-bond acceptors (Lipinski definition) is 1. The summed E-state index contributed by atoms with van der Waals surface area (Å²) in [5.41, 5.74) is 0. The molecule has 72 valence electrons. The molecule has 1 N–H and O–H groups in total. The molecule has 0 radical (unpaired) electrons. The second-order valence-corrected chi connectivity index (χ2v) is 3.27. The summed E-state index contributed by atoms with van der Waals surface area (Å²) in [5.74, 6) is 0. The zero-order chi connectivity index (χ0) is 9.23. The van der Waals surface area contributed by atoms with Crippen LogP contribution >= 0.6 is 0 Å². The van der Waals surface area contributed by atoms with Crippen LogP contribution in [0.25, 0.3) is 0 Å². The molecule has 0 amide bonds. The van der Waals surface area contributed by atoms with Crippen molar-refractivity contribution in [1.82, 2.24) is 5.32 Å². The Morgan fingerprint density at radius 1 is 1.33 bits per heavy atom. The third-order valence-electron chi connectivity index (χ3n) is 2.10. The first-order valence-corrected chi connectivity index (χ1v) is 5.19. The van der Waals surface area contributed by atoms with Gasteiger partial charge >= 0.3 is 0 Å². The van der Waals surface area contributed by atoms with Crippen molar-refractivity contribution in [2.45, 2.75) is 52.0 Å². The maximum atomic E-state index is 3.77. The summed E-state index contributed by atoms with van der Waals surface area (Å²) in [5, 5.41) is 3.47. The van der Waals surface area contributed by atoms with Gasteiger partial charge in [-0.2, -0.15) is 0 Å². The fourth-order valence-corrected chi connectivity index (χ4v) is 1.43. The van der Waals surface area contributed by atoms with Crippen molar-refractivity contribution in [2.75, 3.05) is 6.54 Å². The number of rotatable bonds is 8. The van der Waals surface area contributed by atoms with Crippen molar-refractivity contribution in [2.24, 2.45) is 0 Å². The van der Waals surface area contributed by atoms with E-state index >= 15 is 0 Å². The van der Waals surface area contributed by atoms with Crippen molar-refractivity contribution in [3.8, 4) is 0 Å². The molecule has 0 rings (SSSR count). The summed E-state index contributed by atoms with van der Waals surface area (Å²) >= 11 is 0. The van der Waals surface area contributed by atoms with Gasteiger partial charge in [0.05, 0.1) is 0 Å². The number of hydrogen-bond donors (Lipinski definition) is 1. The lowest BCUT2D eigenvalue weighted by atomic mass is 10.1. The van der Waals surface area contributed by atoms with E-state index in [1.54, 1.807) is 0 Å². The van der Waals surface area contributed by atoms with Gasteiger partial charge in [0.15, 0.2) is 0 Å². The van der Waals surface area contributed by atoms with E-state index in [1.807, 2.05) is 6.08 Å². The van der Waals surface area contributed by atoms with Gasteiger partial charge in [0, 0.05) is 6.04 Å². The Balaban J connectivity index is 3.40. The van der Waals surface area contributed by atoms with Gasteiger partial charge in [-0.3, -0.25) is 0 Å². The molecular weight excluding hydrogens is 146 g/mol. The monoisotopic (exact) mass is 169 g/mol. The molecule has 0 heterocycles. The quantitative estimate of drug-likeness (QED) is 0.435. The summed E-state index contributed by atoms with van der Waals surface area (Å²) in [7, 11) is 0. The van der Waals surface area contributed by atoms with E-state index in [0.29, 0.717) is 6.04 Å². The molecule has 1 unspecified atom stereocenters. The average Bonchev–Trinajstić information content (AvgIpc) is 2.06. The highest BCUT2D eigenvalue weighted by atomic mass is 14.9. The van der Waals surface area contributed by atoms with Gasteiger partial charge in [-0.15, -0.1) is 6.58 Å². The maximum absolute atomic E-state index is 3.77. The van der Waals surface area contributed by atoms with Crippen molar-refractivity contribution in [3.63, 3.8) is 0 Å². The Bertz CT molecular complexity index is 99.2. The van der Waals surface area contributed by atoms with Crippen LogP contribution in [0.5, 0.6) is 0 Å². The van der Waals surface area contributed by atoms with Gasteiger partial charge in [0.2, 0.25) is 0 Å². The van der Waals surface area contributed by atoms with E-state index in [0.717, 1.165) is 13.0 Å². The van der Waals surface area contributed by atoms with Gasteiger partial charge in [0.1, 0.15) is 0 Å². The van der Waals surface area contributed by atoms with Gasteiger partial charge in [-0.05, 0) is 19.4 Å². The fraction of sp³-hybridized carbons (Fsp3) is 0.818. The molecular formula is C11H23N. The third-order valence-corrected chi connectivity index (χ3v) is 2.10. The fourth-order valence-electron chi connectivity index (χ4n) is 1.43. The lowest BCUT2D eigenvalue weighted by molar-refractivity contribution is 0.473. The minimum atomic E-state index is 0.666. The highest BCUT2D eigenvalue weighted by Gasteiger charge is 2.02. The second kappa shape index (κ2) is 8.79. The van der Waals surface area contributed by atoms with Crippen LogP contribution in [0.15, 0.2) is 12.7 Å². The van der Waals surface area contributed by atoms with Crippen LogP contribution in [0.4, 0.5) is 0 Å². The highest BCUT2D eigenvalue weighted by Crippen LogP contribution is 2.06. The predicted octanol–water partition coefficient (Wildman–Crippen LogP) is 3.12. The van der Waals surface area contributed by atoms with Crippen molar-refractivity contribution in [1.29, 1.82) is 0 Å². The molecule has 0 aromatic carbocycles. The summed E-state index contributed by atoms with van der Waals surface area (Å²) in [6.07, 6.45) is 8.44. The molecule has 0 spiro atoms. The van der Waals surface area contributed by atoms with Crippen molar-refractivity contribution < 1.29 is 0 Å². The lowest BCUT2D eigenvalue weighted by Gasteiger charge is -2.15. The third kappa shape index (κ3) is 6.41. The highest BCUT2D eigenvalue weighted by molar-refractivity contribution is 4.77. The minimum Gasteiger partial charge on any atom is -0.314 e. The lowest BCUT2D eigenvalue weighted by Crippen LogP contribution is -2.28. The average molecular weight is 169 g/mol. The number of nitrogens with one attached hydrogen (secondary N) is 1. The van der Waals surface area contributed by atoms with E-state index in [1.165, 1.54) is 25.7 Å². The standard InChI is InChI=1S/C11H23N/c1-4-7-8-10-11(9-5-2)12-6-3/h5,11-12H,2,4,6-10H2,1,3H3. The molecule has 1 heteroatoms. The summed E-state index contributed by atoms with van der Waals surface area (Å²) in [6.45, 7) is 9.25. The first kappa shape index (κ1) is 11.7. The van der Waals surface area contributed by atoms with Crippen LogP contribution in [-0.2, 0) is 0 Å². The molecule has 1 nitrogen and oxygen atoms in total. The van der Waals surface area contributed by atoms with Gasteiger partial charge in [0.25, 0.3) is 0 Å². The van der Waals surface area contributed by atoms with Crippen molar-refractivity contribution >= 4 is 0 Å². The van der Waals surface area contributed by atoms with Crippen LogP contribution in [-0.4, -0.2) is 12.6 Å². The Morgan fingerprint density at radius 3 is 2.58 bits per heavy atom. The molecule has 0 saturated carbocycles. The van der Waals surface area contributed by atoms with Gasteiger partial charge < -0.3 is 5.32 Å². The molecule has 0 saturated heterocycles. The van der Waals surface area contributed by atoms with Crippen LogP contribution in [0.3, 0.4) is 0 Å². The zero-order valence-electron chi connectivity index (χ0n) is 8.60. The van der Waals surface area contributed by atoms with Crippen LogP contribution < -0.4 is 5.32 Å². The van der Waals surface area contributed by atoms with E-state index in [9.17, 15) is 0 Å². The molecule has 0 bridgehead atoms. The molecule has 0 fully saturated rings. The Labute approximate surface area is 77.2 Å². The molecule has 0 aliphatic carbocycles. The molecule has 0 aromatic heterocycles. The molecule has 1 atom stereocenters. The summed E-state index contributed by atoms with van der Waals surface area (Å²) in [4.78, 5) is 0. The number of unbranched alkanes of at least 4 members (excludes halogenated alkanes) is 2. The van der Waals surface area contributed by atoms with Gasteiger partial charge in [-0.25, -0.2) is 0 Å². The maximum Gasteiger partial charge on any atom is 0.0101 e. The Kier molecular flexibility index (Phi) is 8.57. The zero-order valence-corrected chi connectivity index (χ0v) is 8.60. The topological polar surface area (TPSA) is 12.0 Å². The SMILES string of the molecule is C=CCC(CCCCC)NCC. The summed E-state index contributed by atoms with van der Waals surface area (Å²) in [6, 6.07) is 0.666. The first-order chi connectivity index (χ1) is 5.85. The van der Waals surface area contributed by atoms with E-state index in [2.05, 4.69) is 25.7 Å².